The van der Waals surface area contributed by atoms with Crippen molar-refractivity contribution < 1.29 is 14.1 Å². The molecule has 0 aliphatic carbocycles. The Balaban J connectivity index is 1.50. The lowest BCUT2D eigenvalue weighted by Gasteiger charge is -2.05. The van der Waals surface area contributed by atoms with Crippen molar-refractivity contribution >= 4 is 5.78 Å². The molecule has 0 aliphatic rings. The fourth-order valence-corrected chi connectivity index (χ4v) is 2.89. The van der Waals surface area contributed by atoms with Crippen molar-refractivity contribution in [1.82, 2.24) is 5.16 Å². The molecule has 0 saturated carbocycles. The van der Waals surface area contributed by atoms with Crippen molar-refractivity contribution in [3.63, 3.8) is 0 Å². The molecule has 4 heteroatoms. The van der Waals surface area contributed by atoms with E-state index >= 15 is 0 Å². The minimum atomic E-state index is 0.130. The standard InChI is InChI=1S/C24H19NO3/c1-2-23(26)18-10-8-17(9-11-18)22-16-24(28-25-22)19-12-14-21(15-13-19)27-20-6-4-3-5-7-20/h3-16H,2H2,1H3. The van der Waals surface area contributed by atoms with Crippen molar-refractivity contribution in [1.29, 1.82) is 0 Å². The Bertz CT molecular complexity index is 1070. The molecular formula is C24H19NO3. The van der Waals surface area contributed by atoms with E-state index in [1.54, 1.807) is 0 Å². The molecule has 138 valence electrons. The second-order valence-electron chi connectivity index (χ2n) is 6.37. The lowest BCUT2D eigenvalue weighted by atomic mass is 10.0. The van der Waals surface area contributed by atoms with Gasteiger partial charge < -0.3 is 9.26 Å². The maximum Gasteiger partial charge on any atom is 0.167 e. The number of aromatic nitrogens is 1. The summed E-state index contributed by atoms with van der Waals surface area (Å²) >= 11 is 0. The summed E-state index contributed by atoms with van der Waals surface area (Å²) in [5.74, 6) is 2.35. The van der Waals surface area contributed by atoms with E-state index in [4.69, 9.17) is 9.26 Å². The number of hydrogen-bond acceptors (Lipinski definition) is 4. The van der Waals surface area contributed by atoms with Crippen LogP contribution in [0.5, 0.6) is 11.5 Å². The van der Waals surface area contributed by atoms with E-state index in [2.05, 4.69) is 5.16 Å². The molecule has 0 bridgehead atoms. The number of ether oxygens (including phenoxy) is 1. The summed E-state index contributed by atoms with van der Waals surface area (Å²) in [6, 6.07) is 26.6. The molecule has 0 unspecified atom stereocenters. The van der Waals surface area contributed by atoms with Crippen molar-refractivity contribution in [2.75, 3.05) is 0 Å². The first-order valence-electron chi connectivity index (χ1n) is 9.16. The number of hydrogen-bond donors (Lipinski definition) is 0. The number of para-hydroxylation sites is 1. The molecule has 28 heavy (non-hydrogen) atoms. The Morgan fingerprint density at radius 3 is 2.18 bits per heavy atom. The van der Waals surface area contributed by atoms with Crippen LogP contribution in [-0.4, -0.2) is 10.9 Å². The highest BCUT2D eigenvalue weighted by Gasteiger charge is 2.10. The van der Waals surface area contributed by atoms with Gasteiger partial charge in [0.1, 0.15) is 17.2 Å². The topological polar surface area (TPSA) is 52.3 Å². The van der Waals surface area contributed by atoms with E-state index < -0.39 is 0 Å². The van der Waals surface area contributed by atoms with Crippen LogP contribution in [0.1, 0.15) is 23.7 Å². The zero-order chi connectivity index (χ0) is 19.3. The van der Waals surface area contributed by atoms with Crippen LogP contribution >= 0.6 is 0 Å². The summed E-state index contributed by atoms with van der Waals surface area (Å²) in [7, 11) is 0. The first-order valence-corrected chi connectivity index (χ1v) is 9.16. The van der Waals surface area contributed by atoms with Gasteiger partial charge in [0, 0.05) is 29.2 Å². The number of Topliss-reactive ketones (excluding diaryl/α,β-unsaturated/α-hetero) is 1. The Hall–Kier alpha value is -3.66. The summed E-state index contributed by atoms with van der Waals surface area (Å²) in [5.41, 5.74) is 3.27. The van der Waals surface area contributed by atoms with Crippen LogP contribution < -0.4 is 4.74 Å². The molecule has 4 aromatic rings. The maximum atomic E-state index is 11.7. The average Bonchev–Trinajstić information content (AvgIpc) is 3.25. The number of benzene rings is 3. The molecule has 0 spiro atoms. The van der Waals surface area contributed by atoms with Gasteiger partial charge in [-0.15, -0.1) is 0 Å². The summed E-state index contributed by atoms with van der Waals surface area (Å²) in [5, 5.41) is 4.16. The molecule has 0 saturated heterocycles. The molecule has 0 aliphatic heterocycles. The fourth-order valence-electron chi connectivity index (χ4n) is 2.89. The van der Waals surface area contributed by atoms with Crippen LogP contribution in [0, 0.1) is 0 Å². The van der Waals surface area contributed by atoms with Gasteiger partial charge in [-0.1, -0.05) is 54.5 Å². The fraction of sp³-hybridized carbons (Fsp3) is 0.0833. The molecule has 0 atom stereocenters. The number of ketones is 1. The normalized spacial score (nSPS) is 10.6. The minimum Gasteiger partial charge on any atom is -0.457 e. The summed E-state index contributed by atoms with van der Waals surface area (Å²) < 4.78 is 11.3. The molecular weight excluding hydrogens is 350 g/mol. The maximum absolute atomic E-state index is 11.7. The predicted octanol–water partition coefficient (Wildman–Crippen LogP) is 6.39. The van der Waals surface area contributed by atoms with Gasteiger partial charge in [-0.3, -0.25) is 4.79 Å². The lowest BCUT2D eigenvalue weighted by Crippen LogP contribution is -1.95. The van der Waals surface area contributed by atoms with Crippen LogP contribution in [0.2, 0.25) is 0 Å². The van der Waals surface area contributed by atoms with E-state index in [1.165, 1.54) is 0 Å². The zero-order valence-electron chi connectivity index (χ0n) is 15.5. The van der Waals surface area contributed by atoms with Crippen LogP contribution in [0.3, 0.4) is 0 Å². The SMILES string of the molecule is CCC(=O)c1ccc(-c2cc(-c3ccc(Oc4ccccc4)cc3)on2)cc1. The van der Waals surface area contributed by atoms with E-state index in [9.17, 15) is 4.79 Å². The third-order valence-electron chi connectivity index (χ3n) is 4.45. The van der Waals surface area contributed by atoms with Gasteiger partial charge in [0.05, 0.1) is 0 Å². The van der Waals surface area contributed by atoms with Crippen molar-refractivity contribution in [2.24, 2.45) is 0 Å². The van der Waals surface area contributed by atoms with E-state index in [-0.39, 0.29) is 5.78 Å². The van der Waals surface area contributed by atoms with Crippen molar-refractivity contribution in [3.8, 4) is 34.1 Å². The molecule has 0 amide bonds. The van der Waals surface area contributed by atoms with Crippen LogP contribution in [0.4, 0.5) is 0 Å². The van der Waals surface area contributed by atoms with Gasteiger partial charge in [0.15, 0.2) is 11.5 Å². The Morgan fingerprint density at radius 1 is 0.857 bits per heavy atom. The lowest BCUT2D eigenvalue weighted by molar-refractivity contribution is 0.0988. The van der Waals surface area contributed by atoms with Gasteiger partial charge in [-0.25, -0.2) is 0 Å². The molecule has 0 fully saturated rings. The highest BCUT2D eigenvalue weighted by atomic mass is 16.5. The number of nitrogens with zero attached hydrogens (tertiary/aromatic N) is 1. The highest BCUT2D eigenvalue weighted by molar-refractivity contribution is 5.96. The average molecular weight is 369 g/mol. The zero-order valence-corrected chi connectivity index (χ0v) is 15.5. The molecule has 1 heterocycles. The number of carbonyl (C=O) groups is 1. The molecule has 1 aromatic heterocycles. The van der Waals surface area contributed by atoms with Gasteiger partial charge in [0.25, 0.3) is 0 Å². The van der Waals surface area contributed by atoms with Crippen molar-refractivity contribution in [3.05, 3.63) is 90.5 Å². The summed E-state index contributed by atoms with van der Waals surface area (Å²) in [6.45, 7) is 1.86. The summed E-state index contributed by atoms with van der Waals surface area (Å²) in [4.78, 5) is 11.7. The molecule has 0 N–H and O–H groups in total. The van der Waals surface area contributed by atoms with E-state index in [0.29, 0.717) is 17.7 Å². The van der Waals surface area contributed by atoms with Crippen molar-refractivity contribution in [2.45, 2.75) is 13.3 Å². The van der Waals surface area contributed by atoms with E-state index in [0.717, 1.165) is 28.3 Å². The van der Waals surface area contributed by atoms with Gasteiger partial charge in [0.2, 0.25) is 0 Å². The Morgan fingerprint density at radius 2 is 1.50 bits per heavy atom. The largest absolute Gasteiger partial charge is 0.457 e. The summed E-state index contributed by atoms with van der Waals surface area (Å²) in [6.07, 6.45) is 0.497. The highest BCUT2D eigenvalue weighted by Crippen LogP contribution is 2.29. The first kappa shape index (κ1) is 17.7. The molecule has 4 rings (SSSR count). The minimum absolute atomic E-state index is 0.130. The molecule has 4 nitrogen and oxygen atoms in total. The number of carbonyl (C=O) groups excluding carboxylic acids is 1. The van der Waals surface area contributed by atoms with Gasteiger partial charge in [-0.2, -0.15) is 0 Å². The Labute approximate surface area is 163 Å². The monoisotopic (exact) mass is 369 g/mol. The third-order valence-corrected chi connectivity index (χ3v) is 4.45. The van der Waals surface area contributed by atoms with E-state index in [1.807, 2.05) is 91.9 Å². The third kappa shape index (κ3) is 3.86. The van der Waals surface area contributed by atoms with Crippen LogP contribution in [-0.2, 0) is 0 Å². The van der Waals surface area contributed by atoms with Gasteiger partial charge >= 0.3 is 0 Å². The quantitative estimate of drug-likeness (QED) is 0.369. The smallest absolute Gasteiger partial charge is 0.167 e. The molecule has 0 radical (unpaired) electrons. The first-order chi connectivity index (χ1) is 13.7. The van der Waals surface area contributed by atoms with Crippen LogP contribution in [0.25, 0.3) is 22.6 Å². The Kier molecular flexibility index (Phi) is 5.02. The van der Waals surface area contributed by atoms with Crippen LogP contribution in [0.15, 0.2) is 89.5 Å². The second kappa shape index (κ2) is 7.92. The van der Waals surface area contributed by atoms with Gasteiger partial charge in [-0.05, 0) is 36.4 Å². The molecule has 3 aromatic carbocycles. The second-order valence-corrected chi connectivity index (χ2v) is 6.37. The number of rotatable bonds is 6. The predicted molar refractivity (Wildman–Crippen MR) is 109 cm³/mol.